The van der Waals surface area contributed by atoms with E-state index in [1.807, 2.05) is 0 Å². The molecule has 0 aliphatic heterocycles. The molecule has 0 saturated heterocycles. The summed E-state index contributed by atoms with van der Waals surface area (Å²) in [5.41, 5.74) is 1.04. The number of alkyl halides is 3. The third kappa shape index (κ3) is 2.49. The first kappa shape index (κ1) is 14.4. The average molecular weight is 289 g/mol. The van der Waals surface area contributed by atoms with Crippen molar-refractivity contribution >= 4 is 0 Å². The molecule has 0 spiro atoms. The van der Waals surface area contributed by atoms with Crippen molar-refractivity contribution in [2.45, 2.75) is 12.2 Å². The Hall–Kier alpha value is -2.00. The zero-order valence-electron chi connectivity index (χ0n) is 10.3. The lowest BCUT2D eigenvalue weighted by molar-refractivity contribution is -0.140. The Balaban J connectivity index is 2.54. The van der Waals surface area contributed by atoms with Crippen LogP contribution >= 0.6 is 0 Å². The van der Waals surface area contributed by atoms with Gasteiger partial charge in [0.2, 0.25) is 0 Å². The number of aryl methyl sites for hydroxylation is 1. The van der Waals surface area contributed by atoms with Crippen LogP contribution in [0.25, 0.3) is 0 Å². The number of nitrogens with one attached hydrogen (secondary N) is 1. The van der Waals surface area contributed by atoms with Gasteiger partial charge in [-0.3, -0.25) is 10.5 Å². The first-order valence-corrected chi connectivity index (χ1v) is 5.52. The molecule has 20 heavy (non-hydrogen) atoms. The van der Waals surface area contributed by atoms with Gasteiger partial charge in [-0.25, -0.2) is 9.82 Å². The van der Waals surface area contributed by atoms with Crippen LogP contribution < -0.4 is 11.3 Å². The minimum atomic E-state index is -4.77. The quantitative estimate of drug-likeness (QED) is 0.511. The molecule has 108 valence electrons. The third-order valence-corrected chi connectivity index (χ3v) is 2.86. The van der Waals surface area contributed by atoms with Crippen molar-refractivity contribution in [2.75, 3.05) is 0 Å². The lowest BCUT2D eigenvalue weighted by Crippen LogP contribution is -2.31. The molecule has 0 amide bonds. The average Bonchev–Trinajstić information content (AvgIpc) is 2.77. The summed E-state index contributed by atoms with van der Waals surface area (Å²) < 4.78 is 53.4. The Morgan fingerprint density at radius 2 is 2.05 bits per heavy atom. The fraction of sp³-hybridized carbons (Fsp3) is 0.273. The number of aromatic nitrogens is 3. The normalized spacial score (nSPS) is 13.5. The molecule has 1 unspecified atom stereocenters. The van der Waals surface area contributed by atoms with Crippen LogP contribution in [0.1, 0.15) is 22.9 Å². The summed E-state index contributed by atoms with van der Waals surface area (Å²) in [6.07, 6.45) is -3.48. The largest absolute Gasteiger partial charge is 0.419 e. The van der Waals surface area contributed by atoms with Gasteiger partial charge < -0.3 is 0 Å². The summed E-state index contributed by atoms with van der Waals surface area (Å²) in [5, 5.41) is 7.23. The third-order valence-electron chi connectivity index (χ3n) is 2.86. The number of rotatable bonds is 3. The molecule has 2 rings (SSSR count). The monoisotopic (exact) mass is 289 g/mol. The van der Waals surface area contributed by atoms with Crippen LogP contribution in [0.5, 0.6) is 0 Å². The van der Waals surface area contributed by atoms with E-state index in [1.54, 1.807) is 0 Å². The zero-order chi connectivity index (χ0) is 14.9. The maximum Gasteiger partial charge on any atom is 0.419 e. The number of nitrogens with zero attached hydrogens (tertiary/aromatic N) is 3. The first-order valence-electron chi connectivity index (χ1n) is 5.52. The van der Waals surface area contributed by atoms with E-state index in [0.717, 1.165) is 6.07 Å². The zero-order valence-corrected chi connectivity index (χ0v) is 10.3. The fourth-order valence-electron chi connectivity index (χ4n) is 1.89. The molecule has 9 heteroatoms. The molecule has 5 nitrogen and oxygen atoms in total. The maximum absolute atomic E-state index is 14.1. The van der Waals surface area contributed by atoms with Crippen molar-refractivity contribution in [3.63, 3.8) is 0 Å². The Morgan fingerprint density at radius 1 is 1.35 bits per heavy atom. The number of halogens is 4. The van der Waals surface area contributed by atoms with Crippen molar-refractivity contribution in [1.82, 2.24) is 20.4 Å². The molecule has 2 aromatic rings. The van der Waals surface area contributed by atoms with Crippen molar-refractivity contribution in [3.05, 3.63) is 47.0 Å². The lowest BCUT2D eigenvalue weighted by Gasteiger charge is -2.18. The minimum Gasteiger partial charge on any atom is -0.271 e. The summed E-state index contributed by atoms with van der Waals surface area (Å²) >= 11 is 0. The van der Waals surface area contributed by atoms with E-state index in [2.05, 4.69) is 15.7 Å². The van der Waals surface area contributed by atoms with E-state index in [-0.39, 0.29) is 5.56 Å². The summed E-state index contributed by atoms with van der Waals surface area (Å²) in [6.45, 7) is 0. The van der Waals surface area contributed by atoms with Crippen molar-refractivity contribution in [3.8, 4) is 0 Å². The van der Waals surface area contributed by atoms with Gasteiger partial charge >= 0.3 is 6.18 Å². The van der Waals surface area contributed by atoms with Gasteiger partial charge in [-0.05, 0) is 6.07 Å². The molecular formula is C11H11F4N5. The SMILES string of the molecule is Cn1nncc1C(NN)c1cccc(C(F)(F)F)c1F. The van der Waals surface area contributed by atoms with Gasteiger partial charge in [-0.15, -0.1) is 5.10 Å². The standard InChI is InChI=1S/C11H11F4N5/c1-20-8(5-17-19-20)10(18-16)6-3-2-4-7(9(6)12)11(13,14)15/h2-5,10,18H,16H2,1H3. The van der Waals surface area contributed by atoms with Crippen molar-refractivity contribution in [1.29, 1.82) is 0 Å². The van der Waals surface area contributed by atoms with E-state index in [9.17, 15) is 17.6 Å². The molecule has 0 aliphatic rings. The smallest absolute Gasteiger partial charge is 0.271 e. The number of hydrogen-bond acceptors (Lipinski definition) is 4. The molecule has 1 aromatic carbocycles. The molecule has 0 saturated carbocycles. The van der Waals surface area contributed by atoms with Gasteiger partial charge in [0.05, 0.1) is 23.5 Å². The van der Waals surface area contributed by atoms with E-state index in [1.165, 1.54) is 24.0 Å². The highest BCUT2D eigenvalue weighted by molar-refractivity contribution is 5.34. The summed E-state index contributed by atoms with van der Waals surface area (Å²) in [5.74, 6) is 3.95. The number of nitrogens with two attached hydrogens (primary N) is 1. The van der Waals surface area contributed by atoms with Crippen LogP contribution in [-0.4, -0.2) is 15.0 Å². The molecule has 1 atom stereocenters. The van der Waals surface area contributed by atoms with Crippen LogP contribution in [0, 0.1) is 5.82 Å². The van der Waals surface area contributed by atoms with Gasteiger partial charge in [0.1, 0.15) is 5.82 Å². The van der Waals surface area contributed by atoms with Gasteiger partial charge in [-0.1, -0.05) is 17.3 Å². The Kier molecular flexibility index (Phi) is 3.73. The predicted octanol–water partition coefficient (Wildman–Crippen LogP) is 1.53. The highest BCUT2D eigenvalue weighted by Crippen LogP contribution is 2.34. The molecule has 0 aliphatic carbocycles. The van der Waals surface area contributed by atoms with Crippen molar-refractivity contribution < 1.29 is 17.6 Å². The van der Waals surface area contributed by atoms with Crippen LogP contribution in [-0.2, 0) is 13.2 Å². The highest BCUT2D eigenvalue weighted by atomic mass is 19.4. The maximum atomic E-state index is 14.1. The van der Waals surface area contributed by atoms with E-state index < -0.39 is 23.6 Å². The number of hydrazine groups is 1. The van der Waals surface area contributed by atoms with Crippen LogP contribution in [0.3, 0.4) is 0 Å². The highest BCUT2D eigenvalue weighted by Gasteiger charge is 2.36. The number of benzene rings is 1. The first-order chi connectivity index (χ1) is 9.36. The summed E-state index contributed by atoms with van der Waals surface area (Å²) in [7, 11) is 1.53. The lowest BCUT2D eigenvalue weighted by atomic mass is 10.0. The molecule has 0 radical (unpaired) electrons. The number of hydrogen-bond donors (Lipinski definition) is 2. The van der Waals surface area contributed by atoms with Crippen molar-refractivity contribution in [2.24, 2.45) is 12.9 Å². The topological polar surface area (TPSA) is 68.8 Å². The van der Waals surface area contributed by atoms with Crippen LogP contribution in [0.15, 0.2) is 24.4 Å². The fourth-order valence-corrected chi connectivity index (χ4v) is 1.89. The second kappa shape index (κ2) is 5.17. The summed E-state index contributed by atoms with van der Waals surface area (Å²) in [6, 6.07) is 2.03. The molecule has 0 bridgehead atoms. The second-order valence-corrected chi connectivity index (χ2v) is 4.09. The Bertz CT molecular complexity index is 607. The summed E-state index contributed by atoms with van der Waals surface area (Å²) in [4.78, 5) is 0. The Labute approximate surface area is 111 Å². The molecule has 3 N–H and O–H groups in total. The van der Waals surface area contributed by atoms with E-state index in [4.69, 9.17) is 5.84 Å². The van der Waals surface area contributed by atoms with Gasteiger partial charge in [0.15, 0.2) is 0 Å². The predicted molar refractivity (Wildman–Crippen MR) is 61.6 cm³/mol. The molecule has 0 fully saturated rings. The molecular weight excluding hydrogens is 278 g/mol. The minimum absolute atomic E-state index is 0.229. The second-order valence-electron chi connectivity index (χ2n) is 4.09. The van der Waals surface area contributed by atoms with Gasteiger partial charge in [-0.2, -0.15) is 13.2 Å². The van der Waals surface area contributed by atoms with Gasteiger partial charge in [0.25, 0.3) is 0 Å². The van der Waals surface area contributed by atoms with Crippen LogP contribution in [0.2, 0.25) is 0 Å². The van der Waals surface area contributed by atoms with Crippen LogP contribution in [0.4, 0.5) is 17.6 Å². The van der Waals surface area contributed by atoms with Gasteiger partial charge in [0, 0.05) is 12.6 Å². The van der Waals surface area contributed by atoms with E-state index >= 15 is 0 Å². The molecule has 1 aromatic heterocycles. The van der Waals surface area contributed by atoms with E-state index in [0.29, 0.717) is 11.8 Å². The Morgan fingerprint density at radius 3 is 2.55 bits per heavy atom. The molecule has 1 heterocycles.